The van der Waals surface area contributed by atoms with Crippen LogP contribution in [0.4, 0.5) is 4.79 Å². The SMILES string of the molecule is CC(C)C[C@H](NC(=O)[C@H](CC(C)C)NP(=O)(O)CNC(=O)OCc1ccccc1)C(=O)O. The second-order valence-electron chi connectivity index (χ2n) is 8.44. The molecule has 0 spiro atoms. The lowest BCUT2D eigenvalue weighted by atomic mass is 10.0. The largest absolute Gasteiger partial charge is 0.480 e. The van der Waals surface area contributed by atoms with Crippen LogP contribution < -0.4 is 15.7 Å². The van der Waals surface area contributed by atoms with E-state index in [0.717, 1.165) is 5.56 Å². The van der Waals surface area contributed by atoms with Gasteiger partial charge in [-0.1, -0.05) is 58.0 Å². The number of rotatable bonds is 13. The van der Waals surface area contributed by atoms with Gasteiger partial charge in [-0.25, -0.2) is 14.7 Å². The topological polar surface area (TPSA) is 154 Å². The van der Waals surface area contributed by atoms with Crippen molar-refractivity contribution < 1.29 is 33.7 Å². The van der Waals surface area contributed by atoms with Gasteiger partial charge in [0.2, 0.25) is 5.91 Å². The molecule has 1 unspecified atom stereocenters. The molecule has 0 aliphatic heterocycles. The summed E-state index contributed by atoms with van der Waals surface area (Å²) in [4.78, 5) is 46.2. The van der Waals surface area contributed by atoms with E-state index in [1.165, 1.54) is 0 Å². The summed E-state index contributed by atoms with van der Waals surface area (Å²) in [6, 6.07) is 6.72. The summed E-state index contributed by atoms with van der Waals surface area (Å²) in [5.74, 6) is -1.85. The van der Waals surface area contributed by atoms with Crippen molar-refractivity contribution in [3.63, 3.8) is 0 Å². The standard InChI is InChI=1S/C21H34N3O7P/c1-14(2)10-17(19(25)23-18(20(26)27)11-15(3)4)24-32(29,30)13-22-21(28)31-12-16-8-6-5-7-9-16/h5-9,14-15,17-18H,10-13H2,1-4H3,(H,22,28)(H,23,25)(H,26,27)(H2,24,29,30)/t17-,18-/m0/s1. The van der Waals surface area contributed by atoms with E-state index in [2.05, 4.69) is 15.7 Å². The monoisotopic (exact) mass is 471 g/mol. The minimum Gasteiger partial charge on any atom is -0.480 e. The molecule has 0 aromatic heterocycles. The molecule has 0 saturated heterocycles. The Morgan fingerprint density at radius 2 is 1.56 bits per heavy atom. The number of hydrogen-bond donors (Lipinski definition) is 5. The Balaban J connectivity index is 2.68. The number of carboxylic acids is 1. The van der Waals surface area contributed by atoms with E-state index in [1.54, 1.807) is 24.3 Å². The van der Waals surface area contributed by atoms with E-state index in [0.29, 0.717) is 0 Å². The summed E-state index contributed by atoms with van der Waals surface area (Å²) in [6.45, 7) is 7.31. The summed E-state index contributed by atoms with van der Waals surface area (Å²) >= 11 is 0. The third-order valence-electron chi connectivity index (χ3n) is 4.35. The zero-order chi connectivity index (χ0) is 24.3. The van der Waals surface area contributed by atoms with Crippen LogP contribution in [-0.4, -0.2) is 46.3 Å². The quantitative estimate of drug-likeness (QED) is 0.275. The van der Waals surface area contributed by atoms with Crippen molar-refractivity contribution in [2.75, 3.05) is 6.29 Å². The molecule has 32 heavy (non-hydrogen) atoms. The third kappa shape index (κ3) is 11.3. The van der Waals surface area contributed by atoms with Gasteiger partial charge < -0.3 is 25.4 Å². The number of ether oxygens (including phenoxy) is 1. The number of aliphatic carboxylic acids is 1. The maximum Gasteiger partial charge on any atom is 0.407 e. The Morgan fingerprint density at radius 3 is 2.09 bits per heavy atom. The number of nitrogens with one attached hydrogen (secondary N) is 3. The lowest BCUT2D eigenvalue weighted by molar-refractivity contribution is -0.142. The average Bonchev–Trinajstić information content (AvgIpc) is 2.69. The van der Waals surface area contributed by atoms with Gasteiger partial charge in [0, 0.05) is 0 Å². The van der Waals surface area contributed by atoms with Crippen LogP contribution in [0.25, 0.3) is 0 Å². The Kier molecular flexibility index (Phi) is 11.4. The Labute approximate surface area is 188 Å². The first-order chi connectivity index (χ1) is 14.9. The average molecular weight is 471 g/mol. The van der Waals surface area contributed by atoms with Gasteiger partial charge in [0.25, 0.3) is 7.52 Å². The van der Waals surface area contributed by atoms with E-state index in [-0.39, 0.29) is 31.3 Å². The van der Waals surface area contributed by atoms with Gasteiger partial charge >= 0.3 is 12.1 Å². The van der Waals surface area contributed by atoms with E-state index < -0.39 is 43.9 Å². The van der Waals surface area contributed by atoms with Crippen LogP contribution in [0.3, 0.4) is 0 Å². The van der Waals surface area contributed by atoms with Crippen molar-refractivity contribution >= 4 is 25.5 Å². The van der Waals surface area contributed by atoms with Crippen LogP contribution in [0.1, 0.15) is 46.1 Å². The maximum atomic E-state index is 12.7. The van der Waals surface area contributed by atoms with Crippen molar-refractivity contribution in [1.82, 2.24) is 15.7 Å². The number of hydrogen-bond acceptors (Lipinski definition) is 5. The highest BCUT2D eigenvalue weighted by atomic mass is 31.2. The van der Waals surface area contributed by atoms with Crippen molar-refractivity contribution in [3.8, 4) is 0 Å². The summed E-state index contributed by atoms with van der Waals surface area (Å²) in [5, 5.41) is 16.4. The fourth-order valence-electron chi connectivity index (χ4n) is 2.89. The molecule has 180 valence electrons. The minimum absolute atomic E-state index is 0.000635. The second-order valence-corrected chi connectivity index (χ2v) is 10.4. The zero-order valence-corrected chi connectivity index (χ0v) is 19.8. The number of carbonyl (C=O) groups is 3. The highest BCUT2D eigenvalue weighted by Gasteiger charge is 2.31. The maximum absolute atomic E-state index is 12.7. The molecule has 10 nitrogen and oxygen atoms in total. The van der Waals surface area contributed by atoms with Gasteiger partial charge in [-0.3, -0.25) is 9.36 Å². The van der Waals surface area contributed by atoms with Gasteiger partial charge in [-0.15, -0.1) is 0 Å². The molecular formula is C21H34N3O7P. The molecule has 11 heteroatoms. The Bertz CT molecular complexity index is 802. The molecule has 0 aliphatic carbocycles. The number of alkyl carbamates (subject to hydrolysis) is 1. The van der Waals surface area contributed by atoms with E-state index in [4.69, 9.17) is 4.74 Å². The predicted molar refractivity (Wildman–Crippen MR) is 120 cm³/mol. The van der Waals surface area contributed by atoms with E-state index in [9.17, 15) is 28.9 Å². The molecule has 1 aromatic carbocycles. The molecule has 1 rings (SSSR count). The lowest BCUT2D eigenvalue weighted by Gasteiger charge is -2.25. The fourth-order valence-corrected chi connectivity index (χ4v) is 4.03. The van der Waals surface area contributed by atoms with Crippen LogP contribution in [0.2, 0.25) is 0 Å². The van der Waals surface area contributed by atoms with Gasteiger partial charge in [-0.05, 0) is 30.2 Å². The first-order valence-electron chi connectivity index (χ1n) is 10.5. The van der Waals surface area contributed by atoms with Crippen LogP contribution in [0.5, 0.6) is 0 Å². The Hall–Kier alpha value is -2.42. The number of amides is 2. The molecule has 5 N–H and O–H groups in total. The van der Waals surface area contributed by atoms with Crippen LogP contribution in [-0.2, 0) is 25.5 Å². The summed E-state index contributed by atoms with van der Waals surface area (Å²) in [5.41, 5.74) is 0.760. The normalized spacial score (nSPS) is 15.0. The van der Waals surface area contributed by atoms with Crippen LogP contribution >= 0.6 is 7.52 Å². The zero-order valence-electron chi connectivity index (χ0n) is 18.9. The fraction of sp³-hybridized carbons (Fsp3) is 0.571. The molecule has 0 radical (unpaired) electrons. The summed E-state index contributed by atoms with van der Waals surface area (Å²) in [6.07, 6.45) is -1.11. The number of carboxylic acid groups (broad SMARTS) is 1. The molecule has 1 aromatic rings. The molecule has 0 heterocycles. The molecular weight excluding hydrogens is 437 g/mol. The second kappa shape index (κ2) is 13.2. The summed E-state index contributed by atoms with van der Waals surface area (Å²) in [7, 11) is -4.17. The molecule has 3 atom stereocenters. The van der Waals surface area contributed by atoms with Gasteiger partial charge in [0.1, 0.15) is 18.9 Å². The highest BCUT2D eigenvalue weighted by molar-refractivity contribution is 7.55. The molecule has 0 aliphatic rings. The summed E-state index contributed by atoms with van der Waals surface area (Å²) < 4.78 is 17.6. The molecule has 0 saturated carbocycles. The molecule has 0 bridgehead atoms. The van der Waals surface area contributed by atoms with Gasteiger partial charge in [-0.2, -0.15) is 0 Å². The van der Waals surface area contributed by atoms with Gasteiger partial charge in [0.05, 0.1) is 6.04 Å². The third-order valence-corrected chi connectivity index (χ3v) is 5.66. The smallest absolute Gasteiger partial charge is 0.407 e. The first kappa shape index (κ1) is 27.6. The molecule has 0 fully saturated rings. The number of carbonyl (C=O) groups excluding carboxylic acids is 2. The minimum atomic E-state index is -4.17. The highest BCUT2D eigenvalue weighted by Crippen LogP contribution is 2.35. The lowest BCUT2D eigenvalue weighted by Crippen LogP contribution is -2.50. The van der Waals surface area contributed by atoms with Crippen molar-refractivity contribution in [2.24, 2.45) is 11.8 Å². The van der Waals surface area contributed by atoms with Crippen LogP contribution in [0.15, 0.2) is 30.3 Å². The number of benzene rings is 1. The van der Waals surface area contributed by atoms with Crippen molar-refractivity contribution in [1.29, 1.82) is 0 Å². The van der Waals surface area contributed by atoms with Crippen molar-refractivity contribution in [2.45, 2.75) is 59.2 Å². The van der Waals surface area contributed by atoms with Crippen molar-refractivity contribution in [3.05, 3.63) is 35.9 Å². The van der Waals surface area contributed by atoms with Crippen LogP contribution in [0, 0.1) is 11.8 Å². The van der Waals surface area contributed by atoms with Gasteiger partial charge in [0.15, 0.2) is 0 Å². The predicted octanol–water partition coefficient (Wildman–Crippen LogP) is 2.68. The first-order valence-corrected chi connectivity index (χ1v) is 12.3. The molecule has 2 amide bonds. The van der Waals surface area contributed by atoms with E-state index in [1.807, 2.05) is 33.8 Å². The van der Waals surface area contributed by atoms with E-state index >= 15 is 0 Å². The Morgan fingerprint density at radius 1 is 1.00 bits per heavy atom.